The lowest BCUT2D eigenvalue weighted by atomic mass is 10.2. The zero-order chi connectivity index (χ0) is 9.84. The van der Waals surface area contributed by atoms with Crippen molar-refractivity contribution in [2.45, 2.75) is 6.54 Å². The van der Waals surface area contributed by atoms with Crippen LogP contribution in [0.3, 0.4) is 0 Å². The van der Waals surface area contributed by atoms with Crippen LogP contribution in [0.25, 0.3) is 0 Å². The highest BCUT2D eigenvalue weighted by molar-refractivity contribution is 9.10. The molecule has 1 aromatic carbocycles. The van der Waals surface area contributed by atoms with Crippen LogP contribution in [-0.4, -0.2) is 11.2 Å². The van der Waals surface area contributed by atoms with Gasteiger partial charge in [-0.1, -0.05) is 15.9 Å². The van der Waals surface area contributed by atoms with Crippen LogP contribution in [0.5, 0.6) is 0 Å². The molecule has 0 radical (unpaired) electrons. The van der Waals surface area contributed by atoms with E-state index in [1.165, 1.54) is 0 Å². The number of hydrogen-bond acceptors (Lipinski definition) is 2. The largest absolute Gasteiger partial charge is 0.465 e. The molecule has 4 nitrogen and oxygen atoms in total. The molecule has 0 atom stereocenters. The maximum absolute atomic E-state index is 10.3. The molecule has 4 N–H and O–H groups in total. The van der Waals surface area contributed by atoms with E-state index in [2.05, 4.69) is 21.2 Å². The molecule has 0 unspecified atom stereocenters. The third-order valence-corrected chi connectivity index (χ3v) is 1.90. The Morgan fingerprint density at radius 2 is 2.23 bits per heavy atom. The molecule has 0 fully saturated rings. The van der Waals surface area contributed by atoms with Gasteiger partial charge in [0.25, 0.3) is 0 Å². The summed E-state index contributed by atoms with van der Waals surface area (Å²) in [5.74, 6) is 0. The number of nitrogens with two attached hydrogens (primary N) is 1. The molecular weight excluding hydrogens is 236 g/mol. The first kappa shape index (κ1) is 10.0. The van der Waals surface area contributed by atoms with E-state index in [9.17, 15) is 4.79 Å². The van der Waals surface area contributed by atoms with E-state index in [-0.39, 0.29) is 0 Å². The first-order valence-corrected chi connectivity index (χ1v) is 4.40. The Labute approximate surface area is 83.9 Å². The third kappa shape index (κ3) is 3.04. The number of rotatable bonds is 2. The van der Waals surface area contributed by atoms with E-state index in [0.717, 1.165) is 10.0 Å². The average Bonchev–Trinajstić information content (AvgIpc) is 2.01. The lowest BCUT2D eigenvalue weighted by molar-refractivity contribution is 0.210. The van der Waals surface area contributed by atoms with Crippen molar-refractivity contribution in [1.82, 2.24) is 0 Å². The van der Waals surface area contributed by atoms with Crippen LogP contribution in [0, 0.1) is 0 Å². The fraction of sp³-hybridized carbons (Fsp3) is 0.125. The maximum Gasteiger partial charge on any atom is 0.409 e. The summed E-state index contributed by atoms with van der Waals surface area (Å²) in [5, 5.41) is 10.7. The molecule has 0 heterocycles. The van der Waals surface area contributed by atoms with Gasteiger partial charge in [-0.05, 0) is 23.8 Å². The molecule has 0 bridgehead atoms. The number of benzene rings is 1. The van der Waals surface area contributed by atoms with E-state index in [1.54, 1.807) is 12.1 Å². The summed E-state index contributed by atoms with van der Waals surface area (Å²) >= 11 is 3.26. The highest BCUT2D eigenvalue weighted by Gasteiger charge is 2.00. The van der Waals surface area contributed by atoms with Gasteiger partial charge in [0, 0.05) is 16.7 Å². The van der Waals surface area contributed by atoms with Crippen molar-refractivity contribution in [3.8, 4) is 0 Å². The van der Waals surface area contributed by atoms with Crippen molar-refractivity contribution in [2.75, 3.05) is 5.32 Å². The van der Waals surface area contributed by atoms with Gasteiger partial charge in [0.05, 0.1) is 0 Å². The lowest BCUT2D eigenvalue weighted by Gasteiger charge is -2.04. The minimum atomic E-state index is -1.08. The van der Waals surface area contributed by atoms with Gasteiger partial charge in [-0.2, -0.15) is 0 Å². The fourth-order valence-electron chi connectivity index (χ4n) is 0.964. The number of carboxylic acid groups (broad SMARTS) is 1. The average molecular weight is 245 g/mol. The van der Waals surface area contributed by atoms with Crippen molar-refractivity contribution >= 4 is 27.7 Å². The van der Waals surface area contributed by atoms with Gasteiger partial charge in [-0.25, -0.2) is 4.79 Å². The summed E-state index contributed by atoms with van der Waals surface area (Å²) in [6.07, 6.45) is -1.08. The second kappa shape index (κ2) is 4.25. The van der Waals surface area contributed by atoms with Gasteiger partial charge in [-0.15, -0.1) is 0 Å². The number of anilines is 1. The highest BCUT2D eigenvalue weighted by Crippen LogP contribution is 2.19. The van der Waals surface area contributed by atoms with Crippen molar-refractivity contribution in [2.24, 2.45) is 5.73 Å². The number of hydrogen-bond donors (Lipinski definition) is 3. The summed E-state index contributed by atoms with van der Waals surface area (Å²) in [7, 11) is 0. The van der Waals surface area contributed by atoms with Crippen LogP contribution < -0.4 is 11.1 Å². The molecule has 0 aliphatic carbocycles. The van der Waals surface area contributed by atoms with Gasteiger partial charge in [-0.3, -0.25) is 5.32 Å². The normalized spacial score (nSPS) is 9.69. The van der Waals surface area contributed by atoms with Crippen molar-refractivity contribution in [3.63, 3.8) is 0 Å². The predicted octanol–water partition coefficient (Wildman–Crippen LogP) is 2.00. The molecule has 0 aromatic heterocycles. The quantitative estimate of drug-likeness (QED) is 0.745. The molecule has 1 rings (SSSR count). The smallest absolute Gasteiger partial charge is 0.409 e. The van der Waals surface area contributed by atoms with E-state index >= 15 is 0 Å². The number of halogens is 1. The highest BCUT2D eigenvalue weighted by atomic mass is 79.9. The van der Waals surface area contributed by atoms with E-state index in [0.29, 0.717) is 12.2 Å². The van der Waals surface area contributed by atoms with Gasteiger partial charge in [0.2, 0.25) is 0 Å². The Hall–Kier alpha value is -1.07. The Balaban J connectivity index is 2.94. The minimum Gasteiger partial charge on any atom is -0.465 e. The second-order valence-corrected chi connectivity index (χ2v) is 3.40. The molecule has 0 saturated carbocycles. The Morgan fingerprint density at radius 3 is 2.77 bits per heavy atom. The molecule has 0 aliphatic heterocycles. The molecule has 70 valence electrons. The summed E-state index contributed by atoms with van der Waals surface area (Å²) in [6, 6.07) is 5.21. The molecule has 0 saturated heterocycles. The van der Waals surface area contributed by atoms with Gasteiger partial charge >= 0.3 is 6.09 Å². The fourth-order valence-corrected chi connectivity index (χ4v) is 1.50. The third-order valence-electron chi connectivity index (χ3n) is 1.44. The first-order valence-electron chi connectivity index (χ1n) is 3.61. The zero-order valence-corrected chi connectivity index (χ0v) is 8.34. The SMILES string of the molecule is NCc1cc(Br)cc(NC(=O)O)c1. The number of nitrogens with one attached hydrogen (secondary N) is 1. The predicted molar refractivity (Wildman–Crippen MR) is 53.7 cm³/mol. The summed E-state index contributed by atoms with van der Waals surface area (Å²) in [6.45, 7) is 0.383. The van der Waals surface area contributed by atoms with E-state index < -0.39 is 6.09 Å². The summed E-state index contributed by atoms with van der Waals surface area (Å²) < 4.78 is 0.805. The van der Waals surface area contributed by atoms with Crippen LogP contribution in [0.2, 0.25) is 0 Å². The van der Waals surface area contributed by atoms with Gasteiger partial charge in [0.1, 0.15) is 0 Å². The maximum atomic E-state index is 10.3. The van der Waals surface area contributed by atoms with Crippen LogP contribution in [0.15, 0.2) is 22.7 Å². The molecule has 1 aromatic rings. The van der Waals surface area contributed by atoms with Crippen molar-refractivity contribution in [1.29, 1.82) is 0 Å². The van der Waals surface area contributed by atoms with Crippen molar-refractivity contribution < 1.29 is 9.90 Å². The standard InChI is InChI=1S/C8H9BrN2O2/c9-6-1-5(4-10)2-7(3-6)11-8(12)13/h1-3,11H,4,10H2,(H,12,13). The molecule has 1 amide bonds. The molecule has 13 heavy (non-hydrogen) atoms. The number of carbonyl (C=O) groups is 1. The summed E-state index contributed by atoms with van der Waals surface area (Å²) in [4.78, 5) is 10.3. The second-order valence-electron chi connectivity index (χ2n) is 2.48. The topological polar surface area (TPSA) is 75.3 Å². The first-order chi connectivity index (χ1) is 6.11. The Kier molecular flexibility index (Phi) is 3.27. The van der Waals surface area contributed by atoms with Gasteiger partial charge < -0.3 is 10.8 Å². The van der Waals surface area contributed by atoms with Gasteiger partial charge in [0.15, 0.2) is 0 Å². The number of amides is 1. The van der Waals surface area contributed by atoms with E-state index in [4.69, 9.17) is 10.8 Å². The lowest BCUT2D eigenvalue weighted by Crippen LogP contribution is -2.08. The summed E-state index contributed by atoms with van der Waals surface area (Å²) in [5.41, 5.74) is 6.81. The molecule has 0 aliphatic rings. The molecule has 5 heteroatoms. The van der Waals surface area contributed by atoms with E-state index in [1.807, 2.05) is 6.07 Å². The van der Waals surface area contributed by atoms with Crippen LogP contribution in [-0.2, 0) is 6.54 Å². The Morgan fingerprint density at radius 1 is 1.54 bits per heavy atom. The minimum absolute atomic E-state index is 0.383. The monoisotopic (exact) mass is 244 g/mol. The Bertz CT molecular complexity index is 328. The van der Waals surface area contributed by atoms with Crippen LogP contribution in [0.1, 0.15) is 5.56 Å². The zero-order valence-electron chi connectivity index (χ0n) is 6.75. The molecular formula is C8H9BrN2O2. The van der Waals surface area contributed by atoms with Crippen molar-refractivity contribution in [3.05, 3.63) is 28.2 Å². The molecule has 0 spiro atoms. The van der Waals surface area contributed by atoms with Crippen LogP contribution in [0.4, 0.5) is 10.5 Å². The van der Waals surface area contributed by atoms with Crippen LogP contribution >= 0.6 is 15.9 Å².